The Bertz CT molecular complexity index is 360. The fourth-order valence-electron chi connectivity index (χ4n) is 1.52. The smallest absolute Gasteiger partial charge is 0.165 e. The van der Waals surface area contributed by atoms with Crippen molar-refractivity contribution in [1.82, 2.24) is 15.3 Å². The Balaban J connectivity index is 2.24. The van der Waals surface area contributed by atoms with E-state index in [2.05, 4.69) is 15.3 Å². The maximum atomic E-state index is 5.93. The molecule has 0 fully saturated rings. The SMILES string of the molecule is NC1=C(N(N)c2cnccn2)CCNC1. The van der Waals surface area contributed by atoms with E-state index < -0.39 is 0 Å². The molecule has 0 aromatic carbocycles. The topological polar surface area (TPSA) is 93.1 Å². The van der Waals surface area contributed by atoms with Gasteiger partial charge in [-0.15, -0.1) is 0 Å². The van der Waals surface area contributed by atoms with E-state index in [0.717, 1.165) is 24.4 Å². The molecule has 1 aromatic heterocycles. The Labute approximate surface area is 88.0 Å². The molecule has 0 radical (unpaired) electrons. The standard InChI is InChI=1S/C9H14N6/c10-7-5-12-2-1-8(7)15(11)9-6-13-3-4-14-9/h3-4,6,12H,1-2,5,10-11H2. The predicted molar refractivity (Wildman–Crippen MR) is 57.4 cm³/mol. The summed E-state index contributed by atoms with van der Waals surface area (Å²) in [6, 6.07) is 0. The zero-order valence-corrected chi connectivity index (χ0v) is 8.35. The molecule has 2 heterocycles. The van der Waals surface area contributed by atoms with Crippen LogP contribution in [0.25, 0.3) is 0 Å². The van der Waals surface area contributed by atoms with Gasteiger partial charge in [-0.2, -0.15) is 0 Å². The van der Waals surface area contributed by atoms with Crippen LogP contribution in [-0.2, 0) is 0 Å². The van der Waals surface area contributed by atoms with Crippen LogP contribution in [0.2, 0.25) is 0 Å². The van der Waals surface area contributed by atoms with Crippen molar-refractivity contribution in [3.8, 4) is 0 Å². The van der Waals surface area contributed by atoms with Crippen LogP contribution in [0.5, 0.6) is 0 Å². The maximum Gasteiger partial charge on any atom is 0.165 e. The summed E-state index contributed by atoms with van der Waals surface area (Å²) in [7, 11) is 0. The molecule has 0 spiro atoms. The number of anilines is 1. The van der Waals surface area contributed by atoms with Crippen molar-refractivity contribution in [2.24, 2.45) is 11.6 Å². The number of hydrogen-bond acceptors (Lipinski definition) is 6. The maximum absolute atomic E-state index is 5.93. The molecule has 6 heteroatoms. The fourth-order valence-corrected chi connectivity index (χ4v) is 1.52. The monoisotopic (exact) mass is 206 g/mol. The summed E-state index contributed by atoms with van der Waals surface area (Å²) in [5, 5.41) is 4.67. The van der Waals surface area contributed by atoms with E-state index in [1.807, 2.05) is 0 Å². The molecule has 15 heavy (non-hydrogen) atoms. The van der Waals surface area contributed by atoms with Crippen molar-refractivity contribution in [3.63, 3.8) is 0 Å². The molecule has 2 rings (SSSR count). The van der Waals surface area contributed by atoms with E-state index in [0.29, 0.717) is 12.4 Å². The van der Waals surface area contributed by atoms with E-state index >= 15 is 0 Å². The van der Waals surface area contributed by atoms with Gasteiger partial charge in [-0.3, -0.25) is 9.99 Å². The molecule has 1 aliphatic rings. The van der Waals surface area contributed by atoms with Gasteiger partial charge in [0.05, 0.1) is 11.9 Å². The van der Waals surface area contributed by atoms with Gasteiger partial charge in [0.1, 0.15) is 0 Å². The average molecular weight is 206 g/mol. The normalized spacial score (nSPS) is 16.6. The molecule has 6 nitrogen and oxygen atoms in total. The lowest BCUT2D eigenvalue weighted by molar-refractivity contribution is 0.648. The molecular formula is C9H14N6. The van der Waals surface area contributed by atoms with E-state index in [4.69, 9.17) is 11.6 Å². The molecule has 0 saturated carbocycles. The first-order valence-corrected chi connectivity index (χ1v) is 4.78. The van der Waals surface area contributed by atoms with Gasteiger partial charge in [0.2, 0.25) is 0 Å². The van der Waals surface area contributed by atoms with Crippen molar-refractivity contribution in [2.45, 2.75) is 6.42 Å². The zero-order valence-electron chi connectivity index (χ0n) is 8.35. The van der Waals surface area contributed by atoms with Gasteiger partial charge in [0.25, 0.3) is 0 Å². The summed E-state index contributed by atoms with van der Waals surface area (Å²) in [5.41, 5.74) is 7.53. The zero-order chi connectivity index (χ0) is 10.7. The Kier molecular flexibility index (Phi) is 2.79. The highest BCUT2D eigenvalue weighted by molar-refractivity contribution is 5.43. The Morgan fingerprint density at radius 3 is 2.93 bits per heavy atom. The number of rotatable bonds is 2. The summed E-state index contributed by atoms with van der Waals surface area (Å²) < 4.78 is 0. The molecule has 0 amide bonds. The van der Waals surface area contributed by atoms with E-state index in [1.54, 1.807) is 18.6 Å². The number of nitrogens with zero attached hydrogens (tertiary/aromatic N) is 3. The molecule has 0 unspecified atom stereocenters. The van der Waals surface area contributed by atoms with Crippen LogP contribution in [0.1, 0.15) is 6.42 Å². The second-order valence-electron chi connectivity index (χ2n) is 3.33. The Morgan fingerprint density at radius 1 is 1.40 bits per heavy atom. The average Bonchev–Trinajstić information content (AvgIpc) is 2.30. The minimum atomic E-state index is 0.609. The van der Waals surface area contributed by atoms with Crippen molar-refractivity contribution in [2.75, 3.05) is 18.1 Å². The number of nitrogens with one attached hydrogen (secondary N) is 1. The van der Waals surface area contributed by atoms with Crippen molar-refractivity contribution in [3.05, 3.63) is 30.0 Å². The first-order valence-electron chi connectivity index (χ1n) is 4.78. The molecule has 0 saturated heterocycles. The number of hydrogen-bond donors (Lipinski definition) is 3. The van der Waals surface area contributed by atoms with Gasteiger partial charge >= 0.3 is 0 Å². The summed E-state index contributed by atoms with van der Waals surface area (Å²) in [6.07, 6.45) is 5.63. The van der Waals surface area contributed by atoms with Gasteiger partial charge < -0.3 is 11.1 Å². The molecule has 0 bridgehead atoms. The van der Waals surface area contributed by atoms with Crippen molar-refractivity contribution in [1.29, 1.82) is 0 Å². The summed E-state index contributed by atoms with van der Waals surface area (Å²) >= 11 is 0. The molecule has 1 aromatic rings. The molecule has 0 atom stereocenters. The summed E-state index contributed by atoms with van der Waals surface area (Å²) in [5.74, 6) is 6.53. The third-order valence-corrected chi connectivity index (χ3v) is 2.31. The molecule has 5 N–H and O–H groups in total. The van der Waals surface area contributed by atoms with Gasteiger partial charge in [-0.05, 0) is 0 Å². The highest BCUT2D eigenvalue weighted by Gasteiger charge is 2.16. The quantitative estimate of drug-likeness (QED) is 0.438. The Morgan fingerprint density at radius 2 is 2.27 bits per heavy atom. The Hall–Kier alpha value is -1.66. The van der Waals surface area contributed by atoms with E-state index in [-0.39, 0.29) is 0 Å². The minimum Gasteiger partial charge on any atom is -0.400 e. The molecule has 80 valence electrons. The third kappa shape index (κ3) is 2.05. The van der Waals surface area contributed by atoms with Crippen LogP contribution in [0.15, 0.2) is 30.0 Å². The van der Waals surface area contributed by atoms with E-state index in [9.17, 15) is 0 Å². The lowest BCUT2D eigenvalue weighted by atomic mass is 10.2. The summed E-state index contributed by atoms with van der Waals surface area (Å²) in [4.78, 5) is 8.08. The fraction of sp³-hybridized carbons (Fsp3) is 0.333. The van der Waals surface area contributed by atoms with Gasteiger partial charge in [-0.25, -0.2) is 10.8 Å². The van der Waals surface area contributed by atoms with Crippen LogP contribution in [0.4, 0.5) is 5.82 Å². The van der Waals surface area contributed by atoms with Crippen LogP contribution in [0.3, 0.4) is 0 Å². The van der Waals surface area contributed by atoms with Crippen LogP contribution >= 0.6 is 0 Å². The first kappa shape index (κ1) is 9.88. The lowest BCUT2D eigenvalue weighted by Gasteiger charge is -2.26. The van der Waals surface area contributed by atoms with Crippen LogP contribution in [-0.4, -0.2) is 23.1 Å². The van der Waals surface area contributed by atoms with Gasteiger partial charge in [0.15, 0.2) is 5.82 Å². The first-order chi connectivity index (χ1) is 7.29. The molecular weight excluding hydrogens is 192 g/mol. The number of nitrogens with two attached hydrogens (primary N) is 2. The van der Waals surface area contributed by atoms with Crippen molar-refractivity contribution >= 4 is 5.82 Å². The predicted octanol–water partition coefficient (Wildman–Crippen LogP) is -0.680. The number of aromatic nitrogens is 2. The highest BCUT2D eigenvalue weighted by Crippen LogP contribution is 2.16. The highest BCUT2D eigenvalue weighted by atomic mass is 15.4. The second-order valence-corrected chi connectivity index (χ2v) is 3.33. The summed E-state index contributed by atoms with van der Waals surface area (Å²) in [6.45, 7) is 1.55. The minimum absolute atomic E-state index is 0.609. The largest absolute Gasteiger partial charge is 0.400 e. The van der Waals surface area contributed by atoms with Gasteiger partial charge in [-0.1, -0.05) is 0 Å². The molecule has 1 aliphatic heterocycles. The lowest BCUT2D eigenvalue weighted by Crippen LogP contribution is -2.40. The number of hydrazine groups is 1. The second kappa shape index (κ2) is 4.24. The molecule has 0 aliphatic carbocycles. The van der Waals surface area contributed by atoms with Crippen molar-refractivity contribution < 1.29 is 0 Å². The van der Waals surface area contributed by atoms with Gasteiger partial charge in [0, 0.05) is 37.6 Å². The van der Waals surface area contributed by atoms with Crippen LogP contribution < -0.4 is 21.9 Å². The third-order valence-electron chi connectivity index (χ3n) is 2.31. The van der Waals surface area contributed by atoms with E-state index in [1.165, 1.54) is 5.01 Å². The van der Waals surface area contributed by atoms with Crippen LogP contribution in [0, 0.1) is 0 Å².